The maximum absolute atomic E-state index is 13.1. The molecule has 0 heterocycles. The summed E-state index contributed by atoms with van der Waals surface area (Å²) in [5.41, 5.74) is 2.42. The fourth-order valence-electron chi connectivity index (χ4n) is 4.61. The van der Waals surface area contributed by atoms with E-state index in [1.54, 1.807) is 25.1 Å². The van der Waals surface area contributed by atoms with Gasteiger partial charge >= 0.3 is 5.97 Å². The normalized spacial score (nSPS) is 16.7. The Morgan fingerprint density at radius 2 is 1.78 bits per heavy atom. The second-order valence-corrected chi connectivity index (χ2v) is 9.12. The predicted octanol–water partition coefficient (Wildman–Crippen LogP) is 5.67. The number of aliphatic hydroxyl groups excluding tert-OH is 1. The lowest BCUT2D eigenvalue weighted by Crippen LogP contribution is -2.33. The van der Waals surface area contributed by atoms with Crippen LogP contribution in [-0.2, 0) is 11.2 Å². The van der Waals surface area contributed by atoms with Crippen molar-refractivity contribution >= 4 is 11.8 Å². The Morgan fingerprint density at radius 3 is 2.41 bits per heavy atom. The van der Waals surface area contributed by atoms with Crippen molar-refractivity contribution < 1.29 is 24.5 Å². The first-order chi connectivity index (χ1) is 15.3. The summed E-state index contributed by atoms with van der Waals surface area (Å²) in [4.78, 5) is 25.2. The van der Waals surface area contributed by atoms with Gasteiger partial charge in [-0.05, 0) is 38.3 Å². The molecule has 1 atom stereocenters. The molecule has 1 fully saturated rings. The van der Waals surface area contributed by atoms with E-state index in [0.29, 0.717) is 42.7 Å². The fourth-order valence-corrected chi connectivity index (χ4v) is 4.61. The number of hydrogen-bond acceptors (Lipinski definition) is 4. The first-order valence-electron chi connectivity index (χ1n) is 11.6. The van der Waals surface area contributed by atoms with Crippen LogP contribution in [0.2, 0.25) is 0 Å². The number of aliphatic hydroxyl groups is 1. The van der Waals surface area contributed by atoms with E-state index in [4.69, 9.17) is 4.74 Å². The largest absolute Gasteiger partial charge is 0.493 e. The molecular formula is C27H34O5. The number of carboxylic acid groups (broad SMARTS) is 1. The molecule has 32 heavy (non-hydrogen) atoms. The molecule has 2 aromatic rings. The van der Waals surface area contributed by atoms with Gasteiger partial charge in [0.1, 0.15) is 5.75 Å². The number of rotatable bonds is 9. The summed E-state index contributed by atoms with van der Waals surface area (Å²) in [5, 5.41) is 20.1. The van der Waals surface area contributed by atoms with Gasteiger partial charge in [0.2, 0.25) is 0 Å². The van der Waals surface area contributed by atoms with Gasteiger partial charge in [-0.1, -0.05) is 67.6 Å². The van der Waals surface area contributed by atoms with Crippen molar-refractivity contribution in [1.29, 1.82) is 0 Å². The van der Waals surface area contributed by atoms with Crippen molar-refractivity contribution in [1.82, 2.24) is 0 Å². The van der Waals surface area contributed by atoms with Gasteiger partial charge in [-0.15, -0.1) is 0 Å². The number of carbonyl (C=O) groups is 2. The maximum atomic E-state index is 13.1. The molecule has 0 aliphatic heterocycles. The molecule has 5 heteroatoms. The molecule has 3 rings (SSSR count). The predicted molar refractivity (Wildman–Crippen MR) is 124 cm³/mol. The van der Waals surface area contributed by atoms with Crippen LogP contribution >= 0.6 is 0 Å². The summed E-state index contributed by atoms with van der Waals surface area (Å²) in [6.07, 6.45) is 4.78. The standard InChI is InChI=1S/C27H34O5/c1-19-8-7-9-21(16-19)12-15-32-25-17-22(10-11-23(25)20(2)28)24(29)18-27(26(30)31)13-5-3-4-6-14-27/h7-11,16-17,20,28H,3-6,12-15,18H2,1-2H3,(H,30,31). The SMILES string of the molecule is Cc1cccc(CCOc2cc(C(=O)CC3(C(=O)O)CCCCCC3)ccc2C(C)O)c1. The van der Waals surface area contributed by atoms with Crippen LogP contribution in [0.3, 0.4) is 0 Å². The average molecular weight is 439 g/mol. The summed E-state index contributed by atoms with van der Waals surface area (Å²) in [7, 11) is 0. The molecule has 0 aromatic heterocycles. The second kappa shape index (κ2) is 10.8. The Bertz CT molecular complexity index is 939. The molecule has 0 amide bonds. The quantitative estimate of drug-likeness (QED) is 0.389. The third-order valence-corrected chi connectivity index (χ3v) is 6.53. The van der Waals surface area contributed by atoms with Crippen LogP contribution in [0, 0.1) is 12.3 Å². The second-order valence-electron chi connectivity index (χ2n) is 9.12. The molecule has 1 aliphatic carbocycles. The third kappa shape index (κ3) is 5.98. The molecular weight excluding hydrogens is 404 g/mol. The summed E-state index contributed by atoms with van der Waals surface area (Å²) < 4.78 is 5.99. The first-order valence-corrected chi connectivity index (χ1v) is 11.6. The van der Waals surface area contributed by atoms with Gasteiger partial charge in [0.05, 0.1) is 18.1 Å². The number of hydrogen-bond donors (Lipinski definition) is 2. The molecule has 0 radical (unpaired) electrons. The number of carboxylic acids is 1. The Kier molecular flexibility index (Phi) is 8.08. The molecule has 1 saturated carbocycles. The highest BCUT2D eigenvalue weighted by atomic mass is 16.5. The van der Waals surface area contributed by atoms with Crippen LogP contribution in [0.15, 0.2) is 42.5 Å². The van der Waals surface area contributed by atoms with E-state index in [0.717, 1.165) is 31.2 Å². The van der Waals surface area contributed by atoms with Gasteiger partial charge in [0, 0.05) is 24.0 Å². The van der Waals surface area contributed by atoms with Crippen LogP contribution in [0.4, 0.5) is 0 Å². The number of benzene rings is 2. The number of Topliss-reactive ketones (excluding diaryl/α,β-unsaturated/α-hetero) is 1. The van der Waals surface area contributed by atoms with Gasteiger partial charge in [0.25, 0.3) is 0 Å². The monoisotopic (exact) mass is 438 g/mol. The third-order valence-electron chi connectivity index (χ3n) is 6.53. The number of aryl methyl sites for hydroxylation is 1. The Hall–Kier alpha value is -2.66. The molecule has 1 unspecified atom stereocenters. The number of carbonyl (C=O) groups excluding carboxylic acids is 1. The van der Waals surface area contributed by atoms with Gasteiger partial charge in [-0.3, -0.25) is 9.59 Å². The highest BCUT2D eigenvalue weighted by Crippen LogP contribution is 2.40. The van der Waals surface area contributed by atoms with Crippen LogP contribution in [0.1, 0.15) is 85.0 Å². The molecule has 0 saturated heterocycles. The first kappa shape index (κ1) is 24.0. The fraction of sp³-hybridized carbons (Fsp3) is 0.481. The highest BCUT2D eigenvalue weighted by Gasteiger charge is 2.40. The van der Waals surface area contributed by atoms with E-state index in [-0.39, 0.29) is 12.2 Å². The van der Waals surface area contributed by atoms with E-state index >= 15 is 0 Å². The minimum absolute atomic E-state index is 0.000902. The molecule has 0 spiro atoms. The summed E-state index contributed by atoms with van der Waals surface area (Å²) in [6.45, 7) is 4.12. The highest BCUT2D eigenvalue weighted by molar-refractivity contribution is 5.99. The van der Waals surface area contributed by atoms with Gasteiger partial charge < -0.3 is 14.9 Å². The Labute approximate surface area is 190 Å². The average Bonchev–Trinajstić information content (AvgIpc) is 3.00. The molecule has 5 nitrogen and oxygen atoms in total. The van der Waals surface area contributed by atoms with E-state index in [1.807, 2.05) is 25.1 Å². The number of aliphatic carboxylic acids is 1. The zero-order valence-electron chi connectivity index (χ0n) is 19.1. The summed E-state index contributed by atoms with van der Waals surface area (Å²) in [6, 6.07) is 13.2. The Balaban J connectivity index is 1.76. The molecule has 2 aromatic carbocycles. The van der Waals surface area contributed by atoms with E-state index in [9.17, 15) is 19.8 Å². The van der Waals surface area contributed by atoms with E-state index < -0.39 is 17.5 Å². The molecule has 172 valence electrons. The zero-order chi connectivity index (χ0) is 23.1. The van der Waals surface area contributed by atoms with Crippen molar-refractivity contribution in [2.75, 3.05) is 6.61 Å². The van der Waals surface area contributed by atoms with Crippen LogP contribution in [0.5, 0.6) is 5.75 Å². The lowest BCUT2D eigenvalue weighted by molar-refractivity contribution is -0.149. The minimum Gasteiger partial charge on any atom is -0.493 e. The van der Waals surface area contributed by atoms with Gasteiger partial charge in [-0.25, -0.2) is 0 Å². The lowest BCUT2D eigenvalue weighted by atomic mass is 9.75. The Morgan fingerprint density at radius 1 is 1.06 bits per heavy atom. The van der Waals surface area contributed by atoms with E-state index in [2.05, 4.69) is 6.07 Å². The summed E-state index contributed by atoms with van der Waals surface area (Å²) >= 11 is 0. The van der Waals surface area contributed by atoms with Gasteiger partial charge in [0.15, 0.2) is 5.78 Å². The van der Waals surface area contributed by atoms with Gasteiger partial charge in [-0.2, -0.15) is 0 Å². The lowest BCUT2D eigenvalue weighted by Gasteiger charge is -2.27. The summed E-state index contributed by atoms with van der Waals surface area (Å²) in [5.74, 6) is -0.582. The molecule has 2 N–H and O–H groups in total. The molecule has 1 aliphatic rings. The number of ketones is 1. The number of ether oxygens (including phenoxy) is 1. The van der Waals surface area contributed by atoms with Crippen molar-refractivity contribution in [2.45, 2.75) is 71.3 Å². The van der Waals surface area contributed by atoms with E-state index in [1.165, 1.54) is 5.56 Å². The van der Waals surface area contributed by atoms with Crippen molar-refractivity contribution in [3.63, 3.8) is 0 Å². The maximum Gasteiger partial charge on any atom is 0.310 e. The van der Waals surface area contributed by atoms with Crippen LogP contribution in [0.25, 0.3) is 0 Å². The minimum atomic E-state index is -0.983. The smallest absolute Gasteiger partial charge is 0.310 e. The zero-order valence-corrected chi connectivity index (χ0v) is 19.1. The van der Waals surface area contributed by atoms with Crippen LogP contribution < -0.4 is 4.74 Å². The van der Waals surface area contributed by atoms with Crippen molar-refractivity contribution in [3.05, 3.63) is 64.7 Å². The van der Waals surface area contributed by atoms with Crippen molar-refractivity contribution in [3.8, 4) is 5.75 Å². The van der Waals surface area contributed by atoms with Crippen LogP contribution in [-0.4, -0.2) is 28.6 Å². The topological polar surface area (TPSA) is 83.8 Å². The van der Waals surface area contributed by atoms with Crippen molar-refractivity contribution in [2.24, 2.45) is 5.41 Å². The molecule has 0 bridgehead atoms.